The summed E-state index contributed by atoms with van der Waals surface area (Å²) in [4.78, 5) is 41.8. The molecule has 1 aliphatic carbocycles. The molecule has 3 heterocycles. The van der Waals surface area contributed by atoms with Gasteiger partial charge >= 0.3 is 0 Å². The highest BCUT2D eigenvalue weighted by atomic mass is 16.2. The van der Waals surface area contributed by atoms with Gasteiger partial charge in [-0.1, -0.05) is 83.1 Å². The fraction of sp³-hybridized carbons (Fsp3) is 0.294. The Hall–Kier alpha value is -4.92. The first-order valence-electron chi connectivity index (χ1n) is 14.7. The van der Waals surface area contributed by atoms with Crippen molar-refractivity contribution in [3.05, 3.63) is 107 Å². The number of carbonyl (C=O) groups excluding carboxylic acids is 3. The maximum absolute atomic E-state index is 14.1. The maximum Gasteiger partial charge on any atom is 0.264 e. The van der Waals surface area contributed by atoms with Gasteiger partial charge in [-0.15, -0.1) is 0 Å². The van der Waals surface area contributed by atoms with Crippen molar-refractivity contribution in [3.63, 3.8) is 0 Å². The number of rotatable bonds is 5. The van der Waals surface area contributed by atoms with Gasteiger partial charge in [0.15, 0.2) is 12.1 Å². The van der Waals surface area contributed by atoms with Crippen LogP contribution in [0.1, 0.15) is 47.6 Å². The molecule has 1 saturated heterocycles. The van der Waals surface area contributed by atoms with Crippen LogP contribution in [-0.4, -0.2) is 52.1 Å². The van der Waals surface area contributed by atoms with Crippen LogP contribution >= 0.6 is 0 Å². The van der Waals surface area contributed by atoms with E-state index in [1.165, 1.54) is 10.6 Å². The smallest absolute Gasteiger partial charge is 0.264 e. The molecule has 2 fully saturated rings. The lowest BCUT2D eigenvalue weighted by Gasteiger charge is -2.30. The highest BCUT2D eigenvalue weighted by Crippen LogP contribution is 2.45. The summed E-state index contributed by atoms with van der Waals surface area (Å²) in [6.07, 6.45) is 4.99. The molecule has 3 aromatic rings. The maximum atomic E-state index is 14.1. The van der Waals surface area contributed by atoms with Crippen LogP contribution < -0.4 is 4.90 Å². The number of fused-ring (bicyclic) bond motifs is 2. The molecule has 0 bridgehead atoms. The number of aryl methyl sites for hydroxylation is 2. The number of nitrogens with zero attached hydrogens (tertiary/aromatic N) is 6. The number of hydrazone groups is 1. The van der Waals surface area contributed by atoms with Gasteiger partial charge in [0, 0.05) is 5.92 Å². The Bertz CT molecular complexity index is 1680. The van der Waals surface area contributed by atoms with Crippen LogP contribution in [0.2, 0.25) is 0 Å². The average Bonchev–Trinajstić information content (AvgIpc) is 3.68. The van der Waals surface area contributed by atoms with Gasteiger partial charge < -0.3 is 0 Å². The molecule has 0 unspecified atom stereocenters. The third-order valence-corrected chi connectivity index (χ3v) is 8.76. The van der Waals surface area contributed by atoms with Crippen molar-refractivity contribution >= 4 is 35.2 Å². The minimum Gasteiger partial charge on any atom is -0.271 e. The SMILES string of the molecule is Cc1ccc(/C=C2\CCC[C@@H]3C2=NN(C(=O)CN2N=N[C@@H]4C(=O)N(c5ccccc5)C(=O)[C@H]42)[C@@H]3c2ccc(C)cc2)cc1. The molecule has 43 heavy (non-hydrogen) atoms. The van der Waals surface area contributed by atoms with Crippen molar-refractivity contribution in [1.82, 2.24) is 10.0 Å². The Labute approximate surface area is 250 Å². The Kier molecular flexibility index (Phi) is 6.72. The monoisotopic (exact) mass is 572 g/mol. The molecule has 216 valence electrons. The summed E-state index contributed by atoms with van der Waals surface area (Å²) in [5.74, 6) is -1.11. The van der Waals surface area contributed by atoms with E-state index in [0.29, 0.717) is 5.69 Å². The lowest BCUT2D eigenvalue weighted by Crippen LogP contribution is -2.45. The number of amides is 3. The van der Waals surface area contributed by atoms with Crippen LogP contribution in [0.3, 0.4) is 0 Å². The van der Waals surface area contributed by atoms with Gasteiger partial charge in [0.05, 0.1) is 17.4 Å². The number of para-hydroxylation sites is 1. The second-order valence-electron chi connectivity index (χ2n) is 11.7. The van der Waals surface area contributed by atoms with Crippen LogP contribution in [-0.2, 0) is 14.4 Å². The molecule has 0 spiro atoms. The normalized spacial score (nSPS) is 25.4. The molecular weight excluding hydrogens is 540 g/mol. The first-order chi connectivity index (χ1) is 20.9. The highest BCUT2D eigenvalue weighted by Gasteiger charge is 2.55. The van der Waals surface area contributed by atoms with Crippen molar-refractivity contribution in [1.29, 1.82) is 0 Å². The van der Waals surface area contributed by atoms with Gasteiger partial charge in [-0.2, -0.15) is 10.2 Å². The van der Waals surface area contributed by atoms with E-state index in [1.54, 1.807) is 29.3 Å². The van der Waals surface area contributed by atoms with Gasteiger partial charge in [-0.05, 0) is 68.0 Å². The van der Waals surface area contributed by atoms with E-state index in [0.717, 1.165) is 52.1 Å². The van der Waals surface area contributed by atoms with E-state index in [4.69, 9.17) is 5.10 Å². The van der Waals surface area contributed by atoms with Crippen LogP contribution in [0, 0.1) is 19.8 Å². The van der Waals surface area contributed by atoms with Crippen molar-refractivity contribution in [2.75, 3.05) is 11.4 Å². The fourth-order valence-corrected chi connectivity index (χ4v) is 6.56. The highest BCUT2D eigenvalue weighted by molar-refractivity contribution is 6.25. The van der Waals surface area contributed by atoms with Crippen LogP contribution in [0.5, 0.6) is 0 Å². The second-order valence-corrected chi connectivity index (χ2v) is 11.7. The molecular formula is C34H32N6O3. The quantitative estimate of drug-likeness (QED) is 0.381. The summed E-state index contributed by atoms with van der Waals surface area (Å²) in [6.45, 7) is 3.90. The van der Waals surface area contributed by atoms with E-state index in [9.17, 15) is 14.4 Å². The van der Waals surface area contributed by atoms with Crippen LogP contribution in [0.15, 0.2) is 99.9 Å². The summed E-state index contributed by atoms with van der Waals surface area (Å²) < 4.78 is 0. The Morgan fingerprint density at radius 2 is 1.58 bits per heavy atom. The summed E-state index contributed by atoms with van der Waals surface area (Å²) in [5.41, 5.74) is 7.03. The van der Waals surface area contributed by atoms with E-state index < -0.39 is 23.9 Å². The lowest BCUT2D eigenvalue weighted by molar-refractivity contribution is -0.136. The number of allylic oxidation sites excluding steroid dienone is 1. The molecule has 1 saturated carbocycles. The minimum absolute atomic E-state index is 0.0494. The zero-order valence-corrected chi connectivity index (χ0v) is 24.1. The molecule has 0 aromatic heterocycles. The molecule has 4 aliphatic rings. The largest absolute Gasteiger partial charge is 0.271 e. The predicted molar refractivity (Wildman–Crippen MR) is 163 cm³/mol. The molecule has 9 heteroatoms. The van der Waals surface area contributed by atoms with E-state index in [2.05, 4.69) is 71.9 Å². The third kappa shape index (κ3) is 4.74. The van der Waals surface area contributed by atoms with E-state index in [1.807, 2.05) is 13.0 Å². The number of hydrogen-bond donors (Lipinski definition) is 0. The first kappa shape index (κ1) is 26.9. The van der Waals surface area contributed by atoms with Gasteiger partial charge in [-0.25, -0.2) is 9.91 Å². The second kappa shape index (κ2) is 10.7. The molecule has 7 rings (SSSR count). The summed E-state index contributed by atoms with van der Waals surface area (Å²) >= 11 is 0. The molecule has 3 amide bonds. The topological polar surface area (TPSA) is 98.0 Å². The van der Waals surface area contributed by atoms with Crippen LogP contribution in [0.25, 0.3) is 6.08 Å². The van der Waals surface area contributed by atoms with E-state index in [-0.39, 0.29) is 24.4 Å². The fourth-order valence-electron chi connectivity index (χ4n) is 6.56. The lowest BCUT2D eigenvalue weighted by atomic mass is 9.77. The molecule has 9 nitrogen and oxygen atoms in total. The van der Waals surface area contributed by atoms with Gasteiger partial charge in [-0.3, -0.25) is 19.4 Å². The molecule has 3 aromatic carbocycles. The van der Waals surface area contributed by atoms with Gasteiger partial charge in [0.25, 0.3) is 17.7 Å². The molecule has 4 atom stereocenters. The third-order valence-electron chi connectivity index (χ3n) is 8.76. The summed E-state index contributed by atoms with van der Waals surface area (Å²) in [7, 11) is 0. The Morgan fingerprint density at radius 1 is 0.884 bits per heavy atom. The van der Waals surface area contributed by atoms with Crippen molar-refractivity contribution in [3.8, 4) is 0 Å². The summed E-state index contributed by atoms with van der Waals surface area (Å²) in [6, 6.07) is 23.2. The standard InChI is InChI=1S/C34H32N6O3/c1-21-11-15-23(16-12-21)19-25-7-6-10-27-29(25)36-40(31(27)24-17-13-22(2)14-18-24)28(41)20-38-32-30(35-37-38)33(42)39(34(32)43)26-8-4-3-5-9-26/h3-5,8-9,11-19,27,30-32H,6-7,10,20H2,1-2H3/b25-19+/t27-,30+,31-,32+/m1/s1. The van der Waals surface area contributed by atoms with Crippen molar-refractivity contribution < 1.29 is 14.4 Å². The Morgan fingerprint density at radius 3 is 2.30 bits per heavy atom. The van der Waals surface area contributed by atoms with E-state index >= 15 is 0 Å². The average molecular weight is 573 g/mol. The molecule has 0 radical (unpaired) electrons. The number of carbonyl (C=O) groups is 3. The van der Waals surface area contributed by atoms with Gasteiger partial charge in [0.2, 0.25) is 0 Å². The predicted octanol–water partition coefficient (Wildman–Crippen LogP) is 5.42. The summed E-state index contributed by atoms with van der Waals surface area (Å²) in [5, 5.41) is 16.2. The van der Waals surface area contributed by atoms with Gasteiger partial charge in [0.1, 0.15) is 6.54 Å². The number of anilines is 1. The number of imide groups is 1. The Balaban J connectivity index is 1.19. The van der Waals surface area contributed by atoms with Crippen molar-refractivity contribution in [2.24, 2.45) is 21.4 Å². The number of benzene rings is 3. The minimum atomic E-state index is -0.968. The number of hydrogen-bond acceptors (Lipinski definition) is 7. The van der Waals surface area contributed by atoms with Crippen molar-refractivity contribution in [2.45, 2.75) is 51.2 Å². The van der Waals surface area contributed by atoms with Crippen LogP contribution in [0.4, 0.5) is 5.69 Å². The zero-order chi connectivity index (χ0) is 29.7. The molecule has 0 N–H and O–H groups in total. The zero-order valence-electron chi connectivity index (χ0n) is 24.1. The first-order valence-corrected chi connectivity index (χ1v) is 14.7. The molecule has 3 aliphatic heterocycles.